The van der Waals surface area contributed by atoms with Crippen molar-refractivity contribution in [1.29, 1.82) is 0 Å². The number of aryl methyl sites for hydroxylation is 1. The van der Waals surface area contributed by atoms with Crippen LogP contribution in [0.25, 0.3) is 0 Å². The summed E-state index contributed by atoms with van der Waals surface area (Å²) in [7, 11) is 0. The summed E-state index contributed by atoms with van der Waals surface area (Å²) in [5, 5.41) is 5.23. The molecule has 0 aliphatic rings. The van der Waals surface area contributed by atoms with E-state index in [0.29, 0.717) is 6.54 Å². The number of hydrogen-bond donors (Lipinski definition) is 2. The maximum atomic E-state index is 11.5. The molecular weight excluding hydrogens is 228 g/mol. The van der Waals surface area contributed by atoms with Crippen LogP contribution < -0.4 is 10.6 Å². The second-order valence-corrected chi connectivity index (χ2v) is 4.45. The van der Waals surface area contributed by atoms with Crippen LogP contribution in [0.3, 0.4) is 0 Å². The molecular formula is C14H20N2O2. The lowest BCUT2D eigenvalue weighted by Gasteiger charge is -2.11. The Kier molecular flexibility index (Phi) is 5.36. The lowest BCUT2D eigenvalue weighted by molar-refractivity contribution is -0.139. The van der Waals surface area contributed by atoms with E-state index in [2.05, 4.69) is 10.6 Å². The number of carbonyl (C=O) groups excluding carboxylic acids is 2. The summed E-state index contributed by atoms with van der Waals surface area (Å²) in [6, 6.07) is 7.83. The summed E-state index contributed by atoms with van der Waals surface area (Å²) in [5.41, 5.74) is 2.12. The summed E-state index contributed by atoms with van der Waals surface area (Å²) in [5.74, 6) is -1.16. The van der Waals surface area contributed by atoms with Gasteiger partial charge in [0.25, 0.3) is 0 Å². The molecule has 2 N–H and O–H groups in total. The average Bonchev–Trinajstić information content (AvgIpc) is 2.35. The molecule has 4 heteroatoms. The molecule has 0 bridgehead atoms. The molecule has 0 aromatic heterocycles. The fraction of sp³-hybridized carbons (Fsp3) is 0.429. The minimum atomic E-state index is -0.586. The molecule has 0 saturated carbocycles. The van der Waals surface area contributed by atoms with E-state index in [1.54, 1.807) is 0 Å². The molecule has 0 saturated heterocycles. The van der Waals surface area contributed by atoms with Crippen molar-refractivity contribution in [1.82, 2.24) is 10.6 Å². The second kappa shape index (κ2) is 6.79. The average molecular weight is 248 g/mol. The lowest BCUT2D eigenvalue weighted by atomic mass is 10.1. The number of hydrogen-bond acceptors (Lipinski definition) is 2. The molecule has 1 aromatic rings. The Balaban J connectivity index is 2.43. The van der Waals surface area contributed by atoms with Gasteiger partial charge in [0.05, 0.1) is 0 Å². The monoisotopic (exact) mass is 248 g/mol. The van der Waals surface area contributed by atoms with Gasteiger partial charge in [-0.15, -0.1) is 0 Å². The smallest absolute Gasteiger partial charge is 0.309 e. The van der Waals surface area contributed by atoms with Gasteiger partial charge in [0.15, 0.2) is 0 Å². The van der Waals surface area contributed by atoms with Crippen molar-refractivity contribution in [3.05, 3.63) is 35.4 Å². The van der Waals surface area contributed by atoms with E-state index in [9.17, 15) is 9.59 Å². The third kappa shape index (κ3) is 4.57. The maximum absolute atomic E-state index is 11.5. The molecule has 0 spiro atoms. The molecule has 0 unspecified atom stereocenters. The first kappa shape index (κ1) is 14.2. The molecule has 2 amide bonds. The number of nitrogens with one attached hydrogen (secondary N) is 2. The highest BCUT2D eigenvalue weighted by Gasteiger charge is 2.14. The van der Waals surface area contributed by atoms with E-state index in [1.807, 2.05) is 45.0 Å². The fourth-order valence-corrected chi connectivity index (χ4v) is 1.48. The Bertz CT molecular complexity index is 430. The Labute approximate surface area is 108 Å². The first-order valence-electron chi connectivity index (χ1n) is 6.17. The third-order valence-corrected chi connectivity index (χ3v) is 2.73. The summed E-state index contributed by atoms with van der Waals surface area (Å²) in [6.07, 6.45) is 0.802. The van der Waals surface area contributed by atoms with Gasteiger partial charge in [-0.25, -0.2) is 0 Å². The van der Waals surface area contributed by atoms with Gasteiger partial charge in [-0.3, -0.25) is 9.59 Å². The molecule has 0 radical (unpaired) electrons. The van der Waals surface area contributed by atoms with Crippen LogP contribution in [0.4, 0.5) is 0 Å². The van der Waals surface area contributed by atoms with Crippen LogP contribution in [0.1, 0.15) is 31.4 Å². The molecule has 4 nitrogen and oxygen atoms in total. The molecule has 1 rings (SSSR count). The minimum absolute atomic E-state index is 0.0159. The van der Waals surface area contributed by atoms with Gasteiger partial charge < -0.3 is 10.6 Å². The minimum Gasteiger partial charge on any atom is -0.345 e. The zero-order chi connectivity index (χ0) is 13.5. The molecule has 0 aliphatic heterocycles. The Morgan fingerprint density at radius 2 is 2.00 bits per heavy atom. The Morgan fingerprint density at radius 1 is 1.28 bits per heavy atom. The largest absolute Gasteiger partial charge is 0.345 e. The number of rotatable bonds is 4. The van der Waals surface area contributed by atoms with Crippen LogP contribution in [0, 0.1) is 6.92 Å². The second-order valence-electron chi connectivity index (χ2n) is 4.45. The predicted molar refractivity (Wildman–Crippen MR) is 70.9 cm³/mol. The summed E-state index contributed by atoms with van der Waals surface area (Å²) < 4.78 is 0. The van der Waals surface area contributed by atoms with Gasteiger partial charge in [0.1, 0.15) is 0 Å². The number of amides is 2. The van der Waals surface area contributed by atoms with Gasteiger partial charge in [0, 0.05) is 12.6 Å². The van der Waals surface area contributed by atoms with Crippen molar-refractivity contribution >= 4 is 11.8 Å². The van der Waals surface area contributed by atoms with Gasteiger partial charge in [-0.1, -0.05) is 36.8 Å². The normalized spacial score (nSPS) is 11.7. The number of benzene rings is 1. The summed E-state index contributed by atoms with van der Waals surface area (Å²) >= 11 is 0. The van der Waals surface area contributed by atoms with Crippen molar-refractivity contribution in [2.45, 2.75) is 39.8 Å². The van der Waals surface area contributed by atoms with Gasteiger partial charge >= 0.3 is 11.8 Å². The first-order valence-corrected chi connectivity index (χ1v) is 6.17. The highest BCUT2D eigenvalue weighted by Crippen LogP contribution is 2.03. The Morgan fingerprint density at radius 3 is 2.61 bits per heavy atom. The van der Waals surface area contributed by atoms with E-state index >= 15 is 0 Å². The molecule has 18 heavy (non-hydrogen) atoms. The van der Waals surface area contributed by atoms with E-state index in [4.69, 9.17) is 0 Å². The van der Waals surface area contributed by atoms with Crippen molar-refractivity contribution in [3.8, 4) is 0 Å². The zero-order valence-electron chi connectivity index (χ0n) is 11.1. The SMILES string of the molecule is CC[C@@H](C)NC(=O)C(=O)NCc1cccc(C)c1. The Hall–Kier alpha value is -1.84. The number of carbonyl (C=O) groups is 2. The van der Waals surface area contributed by atoms with E-state index in [1.165, 1.54) is 0 Å². The molecule has 98 valence electrons. The van der Waals surface area contributed by atoms with Crippen molar-refractivity contribution in [2.24, 2.45) is 0 Å². The van der Waals surface area contributed by atoms with Crippen LogP contribution in [0.5, 0.6) is 0 Å². The first-order chi connectivity index (χ1) is 8.52. The summed E-state index contributed by atoms with van der Waals surface area (Å²) in [6.45, 7) is 6.18. The van der Waals surface area contributed by atoms with E-state index < -0.39 is 11.8 Å². The molecule has 0 heterocycles. The van der Waals surface area contributed by atoms with Crippen LogP contribution in [-0.4, -0.2) is 17.9 Å². The van der Waals surface area contributed by atoms with Crippen LogP contribution in [0.15, 0.2) is 24.3 Å². The molecule has 1 atom stereocenters. The van der Waals surface area contributed by atoms with Crippen LogP contribution >= 0.6 is 0 Å². The predicted octanol–water partition coefficient (Wildman–Crippen LogP) is 1.53. The van der Waals surface area contributed by atoms with Crippen molar-refractivity contribution in [3.63, 3.8) is 0 Å². The van der Waals surface area contributed by atoms with Gasteiger partial charge in [0.2, 0.25) is 0 Å². The topological polar surface area (TPSA) is 58.2 Å². The van der Waals surface area contributed by atoms with Gasteiger partial charge in [-0.2, -0.15) is 0 Å². The highest BCUT2D eigenvalue weighted by atomic mass is 16.2. The maximum Gasteiger partial charge on any atom is 0.309 e. The standard InChI is InChI=1S/C14H20N2O2/c1-4-11(3)16-14(18)13(17)15-9-12-7-5-6-10(2)8-12/h5-8,11H,4,9H2,1-3H3,(H,15,17)(H,16,18)/t11-/m1/s1. The molecule has 1 aromatic carbocycles. The quantitative estimate of drug-likeness (QED) is 0.794. The van der Waals surface area contributed by atoms with Crippen molar-refractivity contribution < 1.29 is 9.59 Å². The van der Waals surface area contributed by atoms with Crippen LogP contribution in [-0.2, 0) is 16.1 Å². The van der Waals surface area contributed by atoms with E-state index in [-0.39, 0.29) is 6.04 Å². The third-order valence-electron chi connectivity index (χ3n) is 2.73. The van der Waals surface area contributed by atoms with Crippen LogP contribution in [0.2, 0.25) is 0 Å². The van der Waals surface area contributed by atoms with E-state index in [0.717, 1.165) is 17.5 Å². The lowest BCUT2D eigenvalue weighted by Crippen LogP contribution is -2.43. The fourth-order valence-electron chi connectivity index (χ4n) is 1.48. The molecule has 0 fully saturated rings. The van der Waals surface area contributed by atoms with Crippen molar-refractivity contribution in [2.75, 3.05) is 0 Å². The van der Waals surface area contributed by atoms with Gasteiger partial charge in [-0.05, 0) is 25.8 Å². The zero-order valence-corrected chi connectivity index (χ0v) is 11.1. The molecule has 0 aliphatic carbocycles. The highest BCUT2D eigenvalue weighted by molar-refractivity contribution is 6.35. The summed E-state index contributed by atoms with van der Waals surface area (Å²) in [4.78, 5) is 23.0.